The molecular formula is C23H29N5O3S. The van der Waals surface area contributed by atoms with Crippen LogP contribution in [0.15, 0.2) is 59.6 Å². The highest BCUT2D eigenvalue weighted by atomic mass is 32.2. The first-order valence-corrected chi connectivity index (χ1v) is 11.9. The molecule has 0 saturated carbocycles. The molecule has 0 saturated heterocycles. The van der Waals surface area contributed by atoms with Crippen LogP contribution in [0.25, 0.3) is 0 Å². The third-order valence-electron chi connectivity index (χ3n) is 5.38. The van der Waals surface area contributed by atoms with E-state index in [9.17, 15) is 13.2 Å². The molecule has 0 bridgehead atoms. The minimum atomic E-state index is -3.86. The van der Waals surface area contributed by atoms with Gasteiger partial charge < -0.3 is 10.2 Å². The lowest BCUT2D eigenvalue weighted by Gasteiger charge is -2.21. The largest absolute Gasteiger partial charge is 0.372 e. The summed E-state index contributed by atoms with van der Waals surface area (Å²) in [6.07, 6.45) is 1.37. The molecule has 9 heteroatoms. The summed E-state index contributed by atoms with van der Waals surface area (Å²) >= 11 is 0. The number of hydrogen-bond donors (Lipinski definition) is 1. The predicted molar refractivity (Wildman–Crippen MR) is 128 cm³/mol. The highest BCUT2D eigenvalue weighted by molar-refractivity contribution is 7.92. The van der Waals surface area contributed by atoms with Crippen LogP contribution in [-0.4, -0.2) is 44.2 Å². The van der Waals surface area contributed by atoms with Gasteiger partial charge in [0.2, 0.25) is 0 Å². The fourth-order valence-electron chi connectivity index (χ4n) is 3.49. The van der Waals surface area contributed by atoms with E-state index in [1.807, 2.05) is 31.2 Å². The summed E-state index contributed by atoms with van der Waals surface area (Å²) in [6.45, 7) is 7.85. The zero-order chi connectivity index (χ0) is 23.5. The molecule has 1 amide bonds. The average Bonchev–Trinajstić information content (AvgIpc) is 3.16. The number of rotatable bonds is 8. The van der Waals surface area contributed by atoms with Crippen molar-refractivity contribution in [3.8, 4) is 0 Å². The van der Waals surface area contributed by atoms with Gasteiger partial charge in [-0.15, -0.1) is 0 Å². The van der Waals surface area contributed by atoms with Gasteiger partial charge in [0, 0.05) is 38.6 Å². The van der Waals surface area contributed by atoms with Gasteiger partial charge in [-0.2, -0.15) is 5.10 Å². The maximum Gasteiger partial charge on any atom is 0.265 e. The smallest absolute Gasteiger partial charge is 0.265 e. The van der Waals surface area contributed by atoms with Crippen molar-refractivity contribution >= 4 is 33.1 Å². The Balaban J connectivity index is 1.86. The normalized spacial score (nSPS) is 11.3. The van der Waals surface area contributed by atoms with E-state index < -0.39 is 15.9 Å². The Morgan fingerprint density at radius 3 is 2.19 bits per heavy atom. The van der Waals surface area contributed by atoms with Gasteiger partial charge in [0.05, 0.1) is 11.1 Å². The Labute approximate surface area is 189 Å². The highest BCUT2D eigenvalue weighted by Crippen LogP contribution is 2.26. The van der Waals surface area contributed by atoms with E-state index >= 15 is 0 Å². The third kappa shape index (κ3) is 4.62. The van der Waals surface area contributed by atoms with E-state index in [-0.39, 0.29) is 16.3 Å². The van der Waals surface area contributed by atoms with Gasteiger partial charge >= 0.3 is 0 Å². The van der Waals surface area contributed by atoms with Crippen LogP contribution < -0.4 is 14.5 Å². The lowest BCUT2D eigenvalue weighted by atomic mass is 10.2. The van der Waals surface area contributed by atoms with Gasteiger partial charge in [-0.25, -0.2) is 8.42 Å². The monoisotopic (exact) mass is 455 g/mol. The lowest BCUT2D eigenvalue weighted by molar-refractivity contribution is 0.102. The van der Waals surface area contributed by atoms with E-state index in [2.05, 4.69) is 29.2 Å². The van der Waals surface area contributed by atoms with Gasteiger partial charge in [0.25, 0.3) is 15.9 Å². The molecule has 3 aromatic rings. The van der Waals surface area contributed by atoms with E-state index in [1.54, 1.807) is 31.3 Å². The molecule has 0 spiro atoms. The SMILES string of the molecule is CCN(CC)c1ccc(NC(=O)c2cnn(C)c2N(C)S(=O)(=O)c2ccc(C)cc2)cc1. The predicted octanol–water partition coefficient (Wildman–Crippen LogP) is 3.65. The molecule has 2 aromatic carbocycles. The third-order valence-corrected chi connectivity index (χ3v) is 7.15. The minimum absolute atomic E-state index is 0.144. The minimum Gasteiger partial charge on any atom is -0.372 e. The van der Waals surface area contributed by atoms with Crippen molar-refractivity contribution in [2.75, 3.05) is 34.7 Å². The Morgan fingerprint density at radius 2 is 1.62 bits per heavy atom. The number of anilines is 3. The van der Waals surface area contributed by atoms with Gasteiger partial charge in [0.15, 0.2) is 5.82 Å². The highest BCUT2D eigenvalue weighted by Gasteiger charge is 2.28. The summed E-state index contributed by atoms with van der Waals surface area (Å²) in [5.74, 6) is -0.252. The topological polar surface area (TPSA) is 87.5 Å². The van der Waals surface area contributed by atoms with E-state index in [1.165, 1.54) is 17.9 Å². The molecule has 32 heavy (non-hydrogen) atoms. The summed E-state index contributed by atoms with van der Waals surface area (Å²) in [5.41, 5.74) is 2.81. The molecule has 0 unspecified atom stereocenters. The standard InChI is InChI=1S/C23H29N5O3S/c1-6-28(7-2)19-12-10-18(11-13-19)25-22(29)21-16-24-26(4)23(21)27(5)32(30,31)20-14-8-17(3)9-15-20/h8-16H,6-7H2,1-5H3,(H,25,29). The van der Waals surface area contributed by atoms with Crippen LogP contribution in [0.4, 0.5) is 17.2 Å². The zero-order valence-electron chi connectivity index (χ0n) is 19.0. The maximum atomic E-state index is 13.1. The van der Waals surface area contributed by atoms with Gasteiger partial charge in [-0.05, 0) is 57.2 Å². The summed E-state index contributed by atoms with van der Waals surface area (Å²) in [4.78, 5) is 15.3. The van der Waals surface area contributed by atoms with Crippen LogP contribution in [0.3, 0.4) is 0 Å². The van der Waals surface area contributed by atoms with Crippen molar-refractivity contribution in [3.63, 3.8) is 0 Å². The van der Waals surface area contributed by atoms with Crippen LogP contribution in [-0.2, 0) is 17.1 Å². The maximum absolute atomic E-state index is 13.1. The number of hydrogen-bond acceptors (Lipinski definition) is 5. The zero-order valence-corrected chi connectivity index (χ0v) is 19.8. The van der Waals surface area contributed by atoms with E-state index in [0.29, 0.717) is 5.69 Å². The van der Waals surface area contributed by atoms with Crippen molar-refractivity contribution in [1.82, 2.24) is 9.78 Å². The van der Waals surface area contributed by atoms with E-state index in [4.69, 9.17) is 0 Å². The molecule has 0 aliphatic carbocycles. The van der Waals surface area contributed by atoms with Crippen LogP contribution in [0.5, 0.6) is 0 Å². The first-order valence-electron chi connectivity index (χ1n) is 10.4. The van der Waals surface area contributed by atoms with Crippen LogP contribution >= 0.6 is 0 Å². The lowest BCUT2D eigenvalue weighted by Crippen LogP contribution is -2.30. The van der Waals surface area contributed by atoms with Gasteiger partial charge in [-0.1, -0.05) is 17.7 Å². The second-order valence-corrected chi connectivity index (χ2v) is 9.43. The quantitative estimate of drug-likeness (QED) is 0.560. The number of nitrogens with zero attached hydrogens (tertiary/aromatic N) is 4. The Hall–Kier alpha value is -3.33. The number of aromatic nitrogens is 2. The number of carbonyl (C=O) groups excluding carboxylic acids is 1. The van der Waals surface area contributed by atoms with Crippen LogP contribution in [0.2, 0.25) is 0 Å². The molecule has 0 fully saturated rings. The number of benzene rings is 2. The van der Waals surface area contributed by atoms with Crippen molar-refractivity contribution in [2.45, 2.75) is 25.7 Å². The van der Waals surface area contributed by atoms with Crippen LogP contribution in [0.1, 0.15) is 29.8 Å². The summed E-state index contributed by atoms with van der Waals surface area (Å²) in [5, 5.41) is 6.96. The van der Waals surface area contributed by atoms with Crippen molar-refractivity contribution in [2.24, 2.45) is 7.05 Å². The number of sulfonamides is 1. The molecule has 0 radical (unpaired) electrons. The fraction of sp³-hybridized carbons (Fsp3) is 0.304. The molecule has 1 heterocycles. The van der Waals surface area contributed by atoms with Crippen molar-refractivity contribution < 1.29 is 13.2 Å². The molecule has 8 nitrogen and oxygen atoms in total. The second kappa shape index (κ2) is 9.44. The first-order chi connectivity index (χ1) is 15.2. The van der Waals surface area contributed by atoms with Crippen molar-refractivity contribution in [3.05, 3.63) is 65.9 Å². The van der Waals surface area contributed by atoms with Crippen LogP contribution in [0, 0.1) is 6.92 Å². The molecule has 170 valence electrons. The average molecular weight is 456 g/mol. The van der Waals surface area contributed by atoms with E-state index in [0.717, 1.165) is 28.6 Å². The Morgan fingerprint density at radius 1 is 1.03 bits per heavy atom. The molecule has 1 aromatic heterocycles. The number of carbonyl (C=O) groups is 1. The van der Waals surface area contributed by atoms with Gasteiger partial charge in [-0.3, -0.25) is 13.8 Å². The summed E-state index contributed by atoms with van der Waals surface area (Å²) in [7, 11) is -0.842. The molecule has 3 rings (SSSR count). The summed E-state index contributed by atoms with van der Waals surface area (Å²) in [6, 6.07) is 14.1. The molecule has 0 aliphatic heterocycles. The number of amides is 1. The number of aryl methyl sites for hydroxylation is 2. The van der Waals surface area contributed by atoms with Crippen molar-refractivity contribution in [1.29, 1.82) is 0 Å². The Bertz CT molecular complexity index is 1180. The molecule has 1 N–H and O–H groups in total. The molecule has 0 aliphatic rings. The van der Waals surface area contributed by atoms with Gasteiger partial charge in [0.1, 0.15) is 5.56 Å². The summed E-state index contributed by atoms with van der Waals surface area (Å²) < 4.78 is 28.7. The molecular weight excluding hydrogens is 426 g/mol. The first kappa shape index (κ1) is 23.3. The molecule has 0 atom stereocenters. The Kier molecular flexibility index (Phi) is 6.88. The number of nitrogens with one attached hydrogen (secondary N) is 1. The fourth-order valence-corrected chi connectivity index (χ4v) is 4.73. The second-order valence-electron chi connectivity index (χ2n) is 7.46.